The minimum absolute atomic E-state index is 0.277. The smallest absolute Gasteiger partial charge is 0.147 e. The van der Waals surface area contributed by atoms with E-state index < -0.39 is 0 Å². The number of ketones is 1. The predicted octanol–water partition coefficient (Wildman–Crippen LogP) is 2.92. The maximum atomic E-state index is 11.3. The molecule has 1 aromatic rings. The van der Waals surface area contributed by atoms with Crippen LogP contribution in [0, 0.1) is 0 Å². The highest BCUT2D eigenvalue weighted by Crippen LogP contribution is 2.16. The van der Waals surface area contributed by atoms with Crippen LogP contribution in [-0.4, -0.2) is 17.8 Å². The van der Waals surface area contributed by atoms with Gasteiger partial charge in [0.2, 0.25) is 0 Å². The first-order valence-corrected chi connectivity index (χ1v) is 6.16. The number of thioether (sulfide) groups is 1. The maximum absolute atomic E-state index is 11.3. The zero-order valence-corrected chi connectivity index (χ0v) is 9.82. The Labute approximate surface area is 91.0 Å². The molecule has 0 radical (unpaired) electrons. The summed E-state index contributed by atoms with van der Waals surface area (Å²) in [6.45, 7) is 0. The van der Waals surface area contributed by atoms with Gasteiger partial charge in [0.05, 0.1) is 5.75 Å². The summed E-state index contributed by atoms with van der Waals surface area (Å²) in [4.78, 5) is 11.3. The number of Topliss-reactive ketones (excluding diaryl/α,β-unsaturated/α-hetero) is 1. The topological polar surface area (TPSA) is 17.1 Å². The second-order valence-corrected chi connectivity index (χ2v) is 4.46. The van der Waals surface area contributed by atoms with Crippen LogP contribution < -0.4 is 0 Å². The molecule has 0 atom stereocenters. The average molecular weight is 259 g/mol. The third-order valence-corrected chi connectivity index (χ3v) is 3.04. The Kier molecular flexibility index (Phi) is 4.53. The molecule has 0 aromatic heterocycles. The number of benzene rings is 1. The Morgan fingerprint density at radius 2 is 2.15 bits per heavy atom. The van der Waals surface area contributed by atoms with E-state index in [9.17, 15) is 4.79 Å². The van der Waals surface area contributed by atoms with E-state index >= 15 is 0 Å². The predicted molar refractivity (Wildman–Crippen MR) is 61.2 cm³/mol. The van der Waals surface area contributed by atoms with Crippen LogP contribution in [0.2, 0.25) is 0 Å². The van der Waals surface area contributed by atoms with Crippen molar-refractivity contribution in [1.29, 1.82) is 0 Å². The molecule has 3 heteroatoms. The van der Waals surface area contributed by atoms with Crippen molar-refractivity contribution in [3.63, 3.8) is 0 Å². The zero-order chi connectivity index (χ0) is 9.68. The standard InChI is InChI=1S/C10H11BrOS/c1-13-7-9(12)6-8-4-2-3-5-10(8)11/h2-5H,6-7H2,1H3. The van der Waals surface area contributed by atoms with Crippen LogP contribution in [0.1, 0.15) is 5.56 Å². The van der Waals surface area contributed by atoms with Gasteiger partial charge in [-0.25, -0.2) is 0 Å². The van der Waals surface area contributed by atoms with Gasteiger partial charge in [0.1, 0.15) is 5.78 Å². The quantitative estimate of drug-likeness (QED) is 0.827. The highest BCUT2D eigenvalue weighted by molar-refractivity contribution is 9.10. The SMILES string of the molecule is CSCC(=O)Cc1ccccc1Br. The van der Waals surface area contributed by atoms with Gasteiger partial charge < -0.3 is 0 Å². The molecule has 1 nitrogen and oxygen atoms in total. The van der Waals surface area contributed by atoms with E-state index in [1.807, 2.05) is 30.5 Å². The van der Waals surface area contributed by atoms with E-state index in [0.29, 0.717) is 12.2 Å². The normalized spacial score (nSPS) is 10.0. The molecule has 0 aliphatic carbocycles. The first kappa shape index (κ1) is 10.8. The largest absolute Gasteiger partial charge is 0.298 e. The van der Waals surface area contributed by atoms with Gasteiger partial charge in [0, 0.05) is 10.9 Å². The van der Waals surface area contributed by atoms with Crippen molar-refractivity contribution in [2.45, 2.75) is 6.42 Å². The Balaban J connectivity index is 2.63. The van der Waals surface area contributed by atoms with Crippen LogP contribution in [0.25, 0.3) is 0 Å². The van der Waals surface area contributed by atoms with Gasteiger partial charge in [0.25, 0.3) is 0 Å². The summed E-state index contributed by atoms with van der Waals surface area (Å²) in [5.41, 5.74) is 1.07. The van der Waals surface area contributed by atoms with Crippen molar-refractivity contribution in [2.75, 3.05) is 12.0 Å². The van der Waals surface area contributed by atoms with E-state index in [-0.39, 0.29) is 5.78 Å². The summed E-state index contributed by atoms with van der Waals surface area (Å²) in [5, 5.41) is 0. The molecule has 0 bridgehead atoms. The van der Waals surface area contributed by atoms with Gasteiger partial charge in [-0.3, -0.25) is 4.79 Å². The molecule has 70 valence electrons. The monoisotopic (exact) mass is 258 g/mol. The van der Waals surface area contributed by atoms with Crippen LogP contribution in [-0.2, 0) is 11.2 Å². The van der Waals surface area contributed by atoms with Gasteiger partial charge in [-0.2, -0.15) is 11.8 Å². The van der Waals surface area contributed by atoms with Gasteiger partial charge >= 0.3 is 0 Å². The molecule has 0 fully saturated rings. The van der Waals surface area contributed by atoms with E-state index in [2.05, 4.69) is 15.9 Å². The van der Waals surface area contributed by atoms with Gasteiger partial charge in [-0.05, 0) is 17.9 Å². The molecule has 0 N–H and O–H groups in total. The fraction of sp³-hybridized carbons (Fsp3) is 0.300. The molecule has 0 saturated heterocycles. The van der Waals surface area contributed by atoms with Crippen molar-refractivity contribution in [3.8, 4) is 0 Å². The molecule has 0 aliphatic heterocycles. The number of carbonyl (C=O) groups is 1. The van der Waals surface area contributed by atoms with Crippen molar-refractivity contribution < 1.29 is 4.79 Å². The Bertz CT molecular complexity index is 299. The second kappa shape index (κ2) is 5.45. The lowest BCUT2D eigenvalue weighted by Crippen LogP contribution is -2.05. The molecule has 1 aromatic carbocycles. The summed E-state index contributed by atoms with van der Waals surface area (Å²) in [6.07, 6.45) is 2.47. The summed E-state index contributed by atoms with van der Waals surface area (Å²) in [6, 6.07) is 7.84. The summed E-state index contributed by atoms with van der Waals surface area (Å²) >= 11 is 4.99. The average Bonchev–Trinajstić information content (AvgIpc) is 2.09. The molecule has 13 heavy (non-hydrogen) atoms. The second-order valence-electron chi connectivity index (χ2n) is 2.74. The highest BCUT2D eigenvalue weighted by Gasteiger charge is 2.04. The zero-order valence-electron chi connectivity index (χ0n) is 7.42. The number of halogens is 1. The van der Waals surface area contributed by atoms with Crippen LogP contribution >= 0.6 is 27.7 Å². The molecule has 1 rings (SSSR count). The van der Waals surface area contributed by atoms with Crippen LogP contribution in [0.15, 0.2) is 28.7 Å². The van der Waals surface area contributed by atoms with Gasteiger partial charge in [-0.15, -0.1) is 0 Å². The first-order valence-electron chi connectivity index (χ1n) is 3.98. The maximum Gasteiger partial charge on any atom is 0.147 e. The Morgan fingerprint density at radius 1 is 1.46 bits per heavy atom. The minimum Gasteiger partial charge on any atom is -0.298 e. The van der Waals surface area contributed by atoms with Crippen molar-refractivity contribution in [1.82, 2.24) is 0 Å². The fourth-order valence-corrected chi connectivity index (χ4v) is 1.92. The summed E-state index contributed by atoms with van der Waals surface area (Å²) < 4.78 is 1.02. The molecular formula is C10H11BrOS. The van der Waals surface area contributed by atoms with E-state index in [1.54, 1.807) is 11.8 Å². The third-order valence-electron chi connectivity index (χ3n) is 1.65. The fourth-order valence-electron chi connectivity index (χ4n) is 1.07. The summed E-state index contributed by atoms with van der Waals surface area (Å²) in [5.74, 6) is 0.876. The number of hydrogen-bond donors (Lipinski definition) is 0. The third kappa shape index (κ3) is 3.53. The molecular weight excluding hydrogens is 248 g/mol. The van der Waals surface area contributed by atoms with Gasteiger partial charge in [-0.1, -0.05) is 34.1 Å². The van der Waals surface area contributed by atoms with Crippen LogP contribution in [0.5, 0.6) is 0 Å². The van der Waals surface area contributed by atoms with Crippen molar-refractivity contribution >= 4 is 33.5 Å². The van der Waals surface area contributed by atoms with Crippen LogP contribution in [0.3, 0.4) is 0 Å². The highest BCUT2D eigenvalue weighted by atomic mass is 79.9. The molecule has 0 spiro atoms. The molecule has 0 amide bonds. The Hall–Kier alpha value is -0.280. The number of rotatable bonds is 4. The lowest BCUT2D eigenvalue weighted by molar-refractivity contribution is -0.116. The first-order chi connectivity index (χ1) is 6.24. The molecule has 0 unspecified atom stereocenters. The minimum atomic E-state index is 0.277. The lowest BCUT2D eigenvalue weighted by atomic mass is 10.1. The molecule has 0 saturated carbocycles. The van der Waals surface area contributed by atoms with Gasteiger partial charge in [0.15, 0.2) is 0 Å². The number of hydrogen-bond acceptors (Lipinski definition) is 2. The molecule has 0 heterocycles. The lowest BCUT2D eigenvalue weighted by Gasteiger charge is -2.01. The summed E-state index contributed by atoms with van der Waals surface area (Å²) in [7, 11) is 0. The number of carbonyl (C=O) groups excluding carboxylic acids is 1. The van der Waals surface area contributed by atoms with E-state index in [1.165, 1.54) is 0 Å². The van der Waals surface area contributed by atoms with Crippen molar-refractivity contribution in [2.24, 2.45) is 0 Å². The molecule has 0 aliphatic rings. The van der Waals surface area contributed by atoms with E-state index in [4.69, 9.17) is 0 Å². The Morgan fingerprint density at radius 3 is 2.77 bits per heavy atom. The van der Waals surface area contributed by atoms with Crippen molar-refractivity contribution in [3.05, 3.63) is 34.3 Å². The van der Waals surface area contributed by atoms with Crippen LogP contribution in [0.4, 0.5) is 0 Å². The van der Waals surface area contributed by atoms with E-state index in [0.717, 1.165) is 10.0 Å².